The Labute approximate surface area is 116 Å². The Kier molecular flexibility index (Phi) is 3.35. The molecule has 0 amide bonds. The number of nitrogens with zero attached hydrogens (tertiary/aromatic N) is 1. The predicted molar refractivity (Wildman–Crippen MR) is 73.4 cm³/mol. The topological polar surface area (TPSA) is 56.2 Å². The minimum absolute atomic E-state index is 0.329. The first kappa shape index (κ1) is 12.4. The summed E-state index contributed by atoms with van der Waals surface area (Å²) in [5.74, 6) is 1.58. The van der Waals surface area contributed by atoms with Crippen LogP contribution in [0.4, 0.5) is 0 Å². The van der Waals surface area contributed by atoms with Gasteiger partial charge in [-0.15, -0.1) is 11.3 Å². The van der Waals surface area contributed by atoms with Gasteiger partial charge in [-0.3, -0.25) is 4.21 Å². The number of thiophene rings is 1. The van der Waals surface area contributed by atoms with Crippen molar-refractivity contribution in [3.05, 3.63) is 47.6 Å². The normalized spacial score (nSPS) is 12.7. The number of aromatic nitrogens is 1. The number of furan rings is 1. The Morgan fingerprint density at radius 2 is 2.26 bits per heavy atom. The Morgan fingerprint density at radius 1 is 1.37 bits per heavy atom. The van der Waals surface area contributed by atoms with E-state index in [1.165, 1.54) is 0 Å². The molecule has 1 atom stereocenters. The first-order chi connectivity index (χ1) is 9.24. The first-order valence-corrected chi connectivity index (χ1v) is 7.84. The van der Waals surface area contributed by atoms with Gasteiger partial charge in [0.15, 0.2) is 0 Å². The third kappa shape index (κ3) is 2.54. The Balaban J connectivity index is 1.78. The van der Waals surface area contributed by atoms with Crippen molar-refractivity contribution >= 4 is 22.1 Å². The second-order valence-corrected chi connectivity index (χ2v) is 6.32. The summed E-state index contributed by atoms with van der Waals surface area (Å²) < 4.78 is 22.7. The van der Waals surface area contributed by atoms with E-state index in [1.807, 2.05) is 17.5 Å². The van der Waals surface area contributed by atoms with Gasteiger partial charge in [0.05, 0.1) is 38.3 Å². The third-order valence-electron chi connectivity index (χ3n) is 2.62. The predicted octanol–water partition coefficient (Wildman–Crippen LogP) is 3.61. The maximum atomic E-state index is 12.2. The molecule has 0 unspecified atom stereocenters. The van der Waals surface area contributed by atoms with Crippen LogP contribution in [0.15, 0.2) is 49.8 Å². The molecule has 0 bridgehead atoms. The van der Waals surface area contributed by atoms with Gasteiger partial charge in [0, 0.05) is 0 Å². The lowest BCUT2D eigenvalue weighted by Gasteiger charge is -1.96. The fraction of sp³-hybridized carbons (Fsp3) is 0.154. The van der Waals surface area contributed by atoms with Gasteiger partial charge in [-0.1, -0.05) is 6.07 Å². The average Bonchev–Trinajstić information content (AvgIpc) is 3.07. The summed E-state index contributed by atoms with van der Waals surface area (Å²) >= 11 is 1.56. The number of aryl methyl sites for hydroxylation is 1. The number of hydrogen-bond acceptors (Lipinski definition) is 5. The average molecular weight is 293 g/mol. The molecule has 3 aromatic heterocycles. The van der Waals surface area contributed by atoms with Gasteiger partial charge < -0.3 is 8.83 Å². The minimum atomic E-state index is -1.16. The van der Waals surface area contributed by atoms with Crippen molar-refractivity contribution in [1.82, 2.24) is 4.98 Å². The van der Waals surface area contributed by atoms with Gasteiger partial charge in [-0.2, -0.15) is 0 Å². The highest BCUT2D eigenvalue weighted by Crippen LogP contribution is 2.25. The van der Waals surface area contributed by atoms with Crippen molar-refractivity contribution in [1.29, 1.82) is 0 Å². The van der Waals surface area contributed by atoms with Crippen molar-refractivity contribution in [3.63, 3.8) is 0 Å². The molecule has 0 saturated carbocycles. The quantitative estimate of drug-likeness (QED) is 0.737. The maximum Gasteiger partial charge on any atom is 0.236 e. The Hall–Kier alpha value is -1.66. The lowest BCUT2D eigenvalue weighted by Crippen LogP contribution is -1.97. The number of oxazole rings is 1. The van der Waals surface area contributed by atoms with Crippen LogP contribution in [0.25, 0.3) is 10.8 Å². The lowest BCUT2D eigenvalue weighted by molar-refractivity contribution is 0.525. The molecule has 0 aromatic carbocycles. The minimum Gasteiger partial charge on any atom is -0.468 e. The second-order valence-electron chi connectivity index (χ2n) is 3.95. The summed E-state index contributed by atoms with van der Waals surface area (Å²) in [4.78, 5) is 6.03. The SMILES string of the molecule is Cc1occc1[S@](=O)Cc1coc(-c2cccs2)n1. The summed E-state index contributed by atoms with van der Waals surface area (Å²) in [6, 6.07) is 5.61. The van der Waals surface area contributed by atoms with Crippen molar-refractivity contribution in [2.45, 2.75) is 17.6 Å². The number of hydrogen-bond donors (Lipinski definition) is 0. The summed E-state index contributed by atoms with van der Waals surface area (Å²) in [6.07, 6.45) is 3.10. The molecule has 19 heavy (non-hydrogen) atoms. The Bertz CT molecular complexity index is 697. The van der Waals surface area contributed by atoms with Crippen molar-refractivity contribution < 1.29 is 13.0 Å². The molecule has 0 aliphatic rings. The van der Waals surface area contributed by atoms with Gasteiger partial charge >= 0.3 is 0 Å². The molecular weight excluding hydrogens is 282 g/mol. The largest absolute Gasteiger partial charge is 0.468 e. The van der Waals surface area contributed by atoms with E-state index >= 15 is 0 Å². The molecule has 0 spiro atoms. The Morgan fingerprint density at radius 3 is 2.95 bits per heavy atom. The summed E-state index contributed by atoms with van der Waals surface area (Å²) in [6.45, 7) is 1.80. The van der Waals surface area contributed by atoms with Gasteiger partial charge in [0.25, 0.3) is 0 Å². The zero-order chi connectivity index (χ0) is 13.2. The van der Waals surface area contributed by atoms with E-state index in [0.717, 1.165) is 4.88 Å². The third-order valence-corrected chi connectivity index (χ3v) is 4.95. The van der Waals surface area contributed by atoms with Crippen molar-refractivity contribution in [2.75, 3.05) is 0 Å². The van der Waals surface area contributed by atoms with E-state index in [0.29, 0.717) is 28.0 Å². The van der Waals surface area contributed by atoms with Crippen molar-refractivity contribution in [3.8, 4) is 10.8 Å². The first-order valence-electron chi connectivity index (χ1n) is 5.65. The maximum absolute atomic E-state index is 12.2. The molecule has 0 radical (unpaired) electrons. The van der Waals surface area contributed by atoms with E-state index in [4.69, 9.17) is 8.83 Å². The fourth-order valence-electron chi connectivity index (χ4n) is 1.71. The van der Waals surface area contributed by atoms with Crippen LogP contribution in [0.1, 0.15) is 11.5 Å². The molecule has 0 aliphatic carbocycles. The summed E-state index contributed by atoms with van der Waals surface area (Å²) in [5, 5.41) is 1.96. The van der Waals surface area contributed by atoms with Gasteiger partial charge in [0.1, 0.15) is 12.0 Å². The zero-order valence-electron chi connectivity index (χ0n) is 10.2. The van der Waals surface area contributed by atoms with Crippen LogP contribution in [0, 0.1) is 6.92 Å². The highest BCUT2D eigenvalue weighted by atomic mass is 32.2. The molecule has 3 heterocycles. The highest BCUT2D eigenvalue weighted by molar-refractivity contribution is 7.84. The van der Waals surface area contributed by atoms with Gasteiger partial charge in [-0.25, -0.2) is 4.98 Å². The van der Waals surface area contributed by atoms with Gasteiger partial charge in [0.2, 0.25) is 5.89 Å². The van der Waals surface area contributed by atoms with Crippen LogP contribution in [0.5, 0.6) is 0 Å². The van der Waals surface area contributed by atoms with Crippen LogP contribution in [0.3, 0.4) is 0 Å². The molecule has 98 valence electrons. The standard InChI is InChI=1S/C13H11NO3S2/c1-9-12(4-5-16-9)19(15)8-10-7-17-13(14-10)11-3-2-6-18-11/h2-7H,8H2,1H3/t19-/m1/s1. The van der Waals surface area contributed by atoms with E-state index in [1.54, 1.807) is 36.9 Å². The highest BCUT2D eigenvalue weighted by Gasteiger charge is 2.14. The van der Waals surface area contributed by atoms with Crippen molar-refractivity contribution in [2.24, 2.45) is 0 Å². The molecule has 3 aromatic rings. The molecule has 0 aliphatic heterocycles. The van der Waals surface area contributed by atoms with E-state index in [9.17, 15) is 4.21 Å². The molecule has 0 N–H and O–H groups in total. The van der Waals surface area contributed by atoms with Crippen LogP contribution in [-0.2, 0) is 16.6 Å². The summed E-state index contributed by atoms with van der Waals surface area (Å²) in [7, 11) is -1.16. The number of rotatable bonds is 4. The summed E-state index contributed by atoms with van der Waals surface area (Å²) in [5.41, 5.74) is 0.683. The monoisotopic (exact) mass is 293 g/mol. The van der Waals surface area contributed by atoms with Crippen LogP contribution >= 0.6 is 11.3 Å². The van der Waals surface area contributed by atoms with Crippen LogP contribution in [-0.4, -0.2) is 9.19 Å². The van der Waals surface area contributed by atoms with Crippen LogP contribution in [0.2, 0.25) is 0 Å². The molecular formula is C13H11NO3S2. The van der Waals surface area contributed by atoms with E-state index in [-0.39, 0.29) is 0 Å². The molecule has 6 heteroatoms. The molecule has 3 rings (SSSR count). The molecule has 4 nitrogen and oxygen atoms in total. The second kappa shape index (κ2) is 5.14. The smallest absolute Gasteiger partial charge is 0.236 e. The van der Waals surface area contributed by atoms with Crippen LogP contribution < -0.4 is 0 Å². The van der Waals surface area contributed by atoms with E-state index < -0.39 is 10.8 Å². The zero-order valence-corrected chi connectivity index (χ0v) is 11.8. The molecule has 0 saturated heterocycles. The van der Waals surface area contributed by atoms with E-state index in [2.05, 4.69) is 4.98 Å². The fourth-order valence-corrected chi connectivity index (χ4v) is 3.50. The van der Waals surface area contributed by atoms with Gasteiger partial charge in [-0.05, 0) is 24.4 Å². The lowest BCUT2D eigenvalue weighted by atomic mass is 10.5. The molecule has 0 fully saturated rings.